The molecule has 0 unspecified atom stereocenters. The van der Waals surface area contributed by atoms with Crippen LogP contribution in [0.2, 0.25) is 0 Å². The molecule has 2 aromatic rings. The predicted molar refractivity (Wildman–Crippen MR) is 80.0 cm³/mol. The summed E-state index contributed by atoms with van der Waals surface area (Å²) in [5, 5.41) is 11.7. The molecule has 1 aliphatic heterocycles. The van der Waals surface area contributed by atoms with Crippen LogP contribution in [0.15, 0.2) is 48.7 Å². The highest BCUT2D eigenvalue weighted by Gasteiger charge is 2.25. The van der Waals surface area contributed by atoms with Crippen LogP contribution in [0.3, 0.4) is 0 Å². The second kappa shape index (κ2) is 4.79. The van der Waals surface area contributed by atoms with Crippen molar-refractivity contribution in [1.29, 1.82) is 0 Å². The second-order valence-corrected chi connectivity index (χ2v) is 4.71. The van der Waals surface area contributed by atoms with Crippen molar-refractivity contribution in [3.05, 3.63) is 65.4 Å². The van der Waals surface area contributed by atoms with Gasteiger partial charge in [-0.1, -0.05) is 24.3 Å². The van der Waals surface area contributed by atoms with Crippen molar-refractivity contribution in [3.8, 4) is 0 Å². The van der Waals surface area contributed by atoms with Gasteiger partial charge in [-0.2, -0.15) is 0 Å². The highest BCUT2D eigenvalue weighted by atomic mass is 16.2. The van der Waals surface area contributed by atoms with Gasteiger partial charge < -0.3 is 16.2 Å². The van der Waals surface area contributed by atoms with E-state index < -0.39 is 0 Å². The molecule has 0 spiro atoms. The predicted octanol–water partition coefficient (Wildman–Crippen LogP) is 2.35. The molecule has 3 rings (SSSR count). The van der Waals surface area contributed by atoms with Crippen molar-refractivity contribution < 1.29 is 14.7 Å². The molecule has 0 fully saturated rings. The molecule has 1 aliphatic rings. The molecule has 1 heterocycles. The Labute approximate surface area is 120 Å². The number of hydrogen-bond donors (Lipinski definition) is 3. The number of nitrogens with one attached hydrogen (secondary N) is 1. The van der Waals surface area contributed by atoms with E-state index in [4.69, 9.17) is 10.8 Å². The third-order valence-electron chi connectivity index (χ3n) is 3.34. The van der Waals surface area contributed by atoms with Crippen LogP contribution in [-0.4, -0.2) is 16.8 Å². The lowest BCUT2D eigenvalue weighted by atomic mass is 9.99. The first-order chi connectivity index (χ1) is 10.1. The van der Waals surface area contributed by atoms with E-state index >= 15 is 0 Å². The molecule has 0 atom stereocenters. The third-order valence-corrected chi connectivity index (χ3v) is 3.34. The zero-order valence-electron chi connectivity index (χ0n) is 11.0. The zero-order chi connectivity index (χ0) is 15.0. The smallest absolute Gasteiger partial charge is 0.259 e. The number of ketones is 1. The number of anilines is 2. The molecule has 2 aromatic carbocycles. The minimum absolute atomic E-state index is 0.180. The van der Waals surface area contributed by atoms with E-state index in [1.807, 2.05) is 0 Å². The van der Waals surface area contributed by atoms with Crippen LogP contribution in [-0.2, 0) is 4.79 Å². The summed E-state index contributed by atoms with van der Waals surface area (Å²) in [4.78, 5) is 24.0. The van der Waals surface area contributed by atoms with Crippen LogP contribution in [0, 0.1) is 0 Å². The quantitative estimate of drug-likeness (QED) is 0.341. The van der Waals surface area contributed by atoms with Crippen molar-refractivity contribution in [2.75, 3.05) is 11.1 Å². The molecule has 104 valence electrons. The van der Waals surface area contributed by atoms with Gasteiger partial charge in [0, 0.05) is 28.1 Å². The fourth-order valence-electron chi connectivity index (χ4n) is 2.31. The van der Waals surface area contributed by atoms with Gasteiger partial charge in [0.25, 0.3) is 5.91 Å². The van der Waals surface area contributed by atoms with Crippen molar-refractivity contribution in [2.45, 2.75) is 0 Å². The molecule has 0 aromatic heterocycles. The minimum atomic E-state index is -0.388. The lowest BCUT2D eigenvalue weighted by Crippen LogP contribution is -2.04. The summed E-state index contributed by atoms with van der Waals surface area (Å²) in [5.74, 6) is -0.568. The molecule has 0 saturated carbocycles. The maximum Gasteiger partial charge on any atom is 0.259 e. The Morgan fingerprint density at radius 1 is 1.14 bits per heavy atom. The zero-order valence-corrected chi connectivity index (χ0v) is 11.0. The maximum absolute atomic E-state index is 12.4. The SMILES string of the molecule is Nc1cccc(C(=O)c2ccc3c(c2)NC(=O)C3=CO)c1. The summed E-state index contributed by atoms with van der Waals surface area (Å²) in [7, 11) is 0. The van der Waals surface area contributed by atoms with E-state index in [0.29, 0.717) is 28.1 Å². The minimum Gasteiger partial charge on any atom is -0.515 e. The number of amides is 1. The number of nitrogen functional groups attached to an aromatic ring is 1. The van der Waals surface area contributed by atoms with Gasteiger partial charge in [0.1, 0.15) is 0 Å². The average molecular weight is 280 g/mol. The van der Waals surface area contributed by atoms with Gasteiger partial charge in [-0.25, -0.2) is 0 Å². The lowest BCUT2D eigenvalue weighted by molar-refractivity contribution is -0.110. The van der Waals surface area contributed by atoms with Gasteiger partial charge in [-0.3, -0.25) is 9.59 Å². The molecule has 4 N–H and O–H groups in total. The van der Waals surface area contributed by atoms with E-state index in [1.54, 1.807) is 42.5 Å². The molecule has 5 heteroatoms. The molecule has 21 heavy (non-hydrogen) atoms. The third kappa shape index (κ3) is 2.14. The van der Waals surface area contributed by atoms with Crippen LogP contribution >= 0.6 is 0 Å². The van der Waals surface area contributed by atoms with Crippen molar-refractivity contribution in [3.63, 3.8) is 0 Å². The van der Waals surface area contributed by atoms with Gasteiger partial charge in [-0.15, -0.1) is 0 Å². The average Bonchev–Trinajstić information content (AvgIpc) is 2.80. The Morgan fingerprint density at radius 3 is 2.62 bits per heavy atom. The Bertz CT molecular complexity index is 794. The number of nitrogens with two attached hydrogens (primary N) is 1. The van der Waals surface area contributed by atoms with Gasteiger partial charge >= 0.3 is 0 Å². The Kier molecular flexibility index (Phi) is 2.95. The number of benzene rings is 2. The van der Waals surface area contributed by atoms with Crippen LogP contribution in [0.5, 0.6) is 0 Å². The molecule has 0 aliphatic carbocycles. The van der Waals surface area contributed by atoms with Crippen LogP contribution < -0.4 is 11.1 Å². The number of fused-ring (bicyclic) bond motifs is 1. The Morgan fingerprint density at radius 2 is 1.90 bits per heavy atom. The van der Waals surface area contributed by atoms with Crippen LogP contribution in [0.1, 0.15) is 21.5 Å². The fraction of sp³-hybridized carbons (Fsp3) is 0. The number of rotatable bonds is 2. The van der Waals surface area contributed by atoms with Gasteiger partial charge in [0.2, 0.25) is 0 Å². The highest BCUT2D eigenvalue weighted by Crippen LogP contribution is 2.32. The number of hydrogen-bond acceptors (Lipinski definition) is 4. The number of aliphatic hydroxyl groups excluding tert-OH is 1. The van der Waals surface area contributed by atoms with E-state index in [2.05, 4.69) is 5.32 Å². The molecule has 0 bridgehead atoms. The van der Waals surface area contributed by atoms with Gasteiger partial charge in [-0.05, 0) is 18.2 Å². The van der Waals surface area contributed by atoms with Crippen LogP contribution in [0.25, 0.3) is 5.57 Å². The lowest BCUT2D eigenvalue weighted by Gasteiger charge is -2.05. The monoisotopic (exact) mass is 280 g/mol. The van der Waals surface area contributed by atoms with Gasteiger partial charge in [0.15, 0.2) is 5.78 Å². The number of carbonyl (C=O) groups excluding carboxylic acids is 2. The summed E-state index contributed by atoms with van der Waals surface area (Å²) in [6.45, 7) is 0. The summed E-state index contributed by atoms with van der Waals surface area (Å²) < 4.78 is 0. The van der Waals surface area contributed by atoms with Gasteiger partial charge in [0.05, 0.1) is 11.8 Å². The number of carbonyl (C=O) groups is 2. The summed E-state index contributed by atoms with van der Waals surface area (Å²) in [5.41, 5.74) is 8.39. The topological polar surface area (TPSA) is 92.4 Å². The van der Waals surface area contributed by atoms with E-state index in [-0.39, 0.29) is 17.3 Å². The van der Waals surface area contributed by atoms with Crippen molar-refractivity contribution in [2.24, 2.45) is 0 Å². The summed E-state index contributed by atoms with van der Waals surface area (Å²) in [6, 6.07) is 11.6. The highest BCUT2D eigenvalue weighted by molar-refractivity contribution is 6.31. The normalized spacial score (nSPS) is 14.9. The first-order valence-corrected chi connectivity index (χ1v) is 6.30. The molecule has 0 saturated heterocycles. The second-order valence-electron chi connectivity index (χ2n) is 4.71. The van der Waals surface area contributed by atoms with Crippen molar-refractivity contribution in [1.82, 2.24) is 0 Å². The maximum atomic E-state index is 12.4. The largest absolute Gasteiger partial charge is 0.515 e. The fourth-order valence-corrected chi connectivity index (χ4v) is 2.31. The van der Waals surface area contributed by atoms with E-state index in [9.17, 15) is 9.59 Å². The molecule has 1 amide bonds. The van der Waals surface area contributed by atoms with E-state index in [0.717, 1.165) is 6.26 Å². The first-order valence-electron chi connectivity index (χ1n) is 6.30. The van der Waals surface area contributed by atoms with E-state index in [1.165, 1.54) is 0 Å². The first kappa shape index (κ1) is 12.9. The molecular weight excluding hydrogens is 268 g/mol. The summed E-state index contributed by atoms with van der Waals surface area (Å²) in [6.07, 6.45) is 0.764. The Hall–Kier alpha value is -3.08. The molecule has 5 nitrogen and oxygen atoms in total. The summed E-state index contributed by atoms with van der Waals surface area (Å²) >= 11 is 0. The standard InChI is InChI=1S/C16H12N2O3/c17-11-3-1-2-9(6-11)15(20)10-4-5-12-13(8-19)16(21)18-14(12)7-10/h1-8,19H,17H2,(H,18,21). The van der Waals surface area contributed by atoms with Crippen molar-refractivity contribution >= 4 is 28.6 Å². The molecule has 0 radical (unpaired) electrons. The number of aliphatic hydroxyl groups is 1. The Balaban J connectivity index is 2.01. The van der Waals surface area contributed by atoms with Crippen LogP contribution in [0.4, 0.5) is 11.4 Å². The molecular formula is C16H12N2O3.